The Morgan fingerprint density at radius 2 is 1.05 bits per heavy atom. The molecule has 1 heterocycles. The zero-order chi connectivity index (χ0) is 40.7. The molecule has 11 nitrogen and oxygen atoms in total. The molecule has 0 radical (unpaired) electrons. The Labute approximate surface area is 335 Å². The predicted molar refractivity (Wildman–Crippen MR) is 219 cm³/mol. The van der Waals surface area contributed by atoms with Crippen LogP contribution in [0, 0.1) is 5.92 Å². The maximum atomic E-state index is 13.1. The molecule has 0 bridgehead atoms. The van der Waals surface area contributed by atoms with Crippen LogP contribution in [0.15, 0.2) is 0 Å². The molecule has 8 N–H and O–H groups in total. The molecule has 1 saturated heterocycles. The van der Waals surface area contributed by atoms with Crippen LogP contribution in [0.25, 0.3) is 0 Å². The molecule has 1 fully saturated rings. The monoisotopic (exact) mass is 790 g/mol. The van der Waals surface area contributed by atoms with Crippen molar-refractivity contribution in [2.45, 2.75) is 256 Å². The van der Waals surface area contributed by atoms with E-state index in [2.05, 4.69) is 26.1 Å². The van der Waals surface area contributed by atoms with Gasteiger partial charge in [-0.3, -0.25) is 4.79 Å². The van der Waals surface area contributed by atoms with Crippen molar-refractivity contribution in [3.8, 4) is 0 Å². The summed E-state index contributed by atoms with van der Waals surface area (Å²) >= 11 is 0. The number of hydrogen-bond acceptors (Lipinski definition) is 10. The van der Waals surface area contributed by atoms with Crippen LogP contribution in [0.1, 0.15) is 201 Å². The van der Waals surface area contributed by atoms with E-state index in [1.54, 1.807) is 0 Å². The summed E-state index contributed by atoms with van der Waals surface area (Å²) in [5, 5.41) is 75.5. The molecule has 1 aliphatic rings. The summed E-state index contributed by atoms with van der Waals surface area (Å²) in [6, 6.07) is -1.16. The number of rotatable bonds is 37. The molecule has 10 atom stereocenters. The van der Waals surface area contributed by atoms with Gasteiger partial charge >= 0.3 is 0 Å². The first-order valence-corrected chi connectivity index (χ1v) is 22.8. The van der Waals surface area contributed by atoms with Crippen LogP contribution in [-0.4, -0.2) is 110 Å². The third kappa shape index (κ3) is 24.6. The summed E-state index contributed by atoms with van der Waals surface area (Å²) in [4.78, 5) is 13.1. The first-order valence-electron chi connectivity index (χ1n) is 22.8. The molecule has 0 aromatic rings. The van der Waals surface area contributed by atoms with E-state index in [1.165, 1.54) is 116 Å². The van der Waals surface area contributed by atoms with Crippen LogP contribution in [0.3, 0.4) is 0 Å². The summed E-state index contributed by atoms with van der Waals surface area (Å²) in [6.45, 7) is 5.71. The van der Waals surface area contributed by atoms with Gasteiger partial charge in [0.1, 0.15) is 36.6 Å². The van der Waals surface area contributed by atoms with E-state index < -0.39 is 74.2 Å². The lowest BCUT2D eigenvalue weighted by atomic mass is 9.97. The van der Waals surface area contributed by atoms with Crippen molar-refractivity contribution < 1.29 is 50.0 Å². The molecule has 0 aromatic carbocycles. The summed E-state index contributed by atoms with van der Waals surface area (Å²) in [7, 11) is 0. The third-order valence-electron chi connectivity index (χ3n) is 11.7. The number of unbranched alkanes of at least 4 members (excludes halogenated alkanes) is 22. The highest BCUT2D eigenvalue weighted by Crippen LogP contribution is 2.23. The van der Waals surface area contributed by atoms with Gasteiger partial charge in [0.05, 0.1) is 25.4 Å². The van der Waals surface area contributed by atoms with Gasteiger partial charge in [-0.05, 0) is 18.8 Å². The van der Waals surface area contributed by atoms with E-state index in [0.717, 1.165) is 44.4 Å². The number of aliphatic hydroxyl groups is 7. The number of ether oxygens (including phenoxy) is 2. The van der Waals surface area contributed by atoms with Crippen molar-refractivity contribution in [3.63, 3.8) is 0 Å². The minimum atomic E-state index is -1.66. The largest absolute Gasteiger partial charge is 0.394 e. The fourth-order valence-corrected chi connectivity index (χ4v) is 7.48. The number of amides is 1. The Morgan fingerprint density at radius 1 is 0.618 bits per heavy atom. The van der Waals surface area contributed by atoms with Gasteiger partial charge in [0.25, 0.3) is 0 Å². The van der Waals surface area contributed by atoms with E-state index in [9.17, 15) is 40.5 Å². The van der Waals surface area contributed by atoms with Crippen LogP contribution in [-0.2, 0) is 14.3 Å². The van der Waals surface area contributed by atoms with E-state index in [0.29, 0.717) is 19.3 Å². The second-order valence-electron chi connectivity index (χ2n) is 16.7. The molecular formula is C44H87NO10. The number of hydrogen-bond donors (Lipinski definition) is 8. The van der Waals surface area contributed by atoms with Crippen LogP contribution in [0.5, 0.6) is 0 Å². The average Bonchev–Trinajstić information content (AvgIpc) is 3.18. The number of carbonyl (C=O) groups excluding carboxylic acids is 1. The lowest BCUT2D eigenvalue weighted by Crippen LogP contribution is -2.60. The summed E-state index contributed by atoms with van der Waals surface area (Å²) < 4.78 is 11.1. The fraction of sp³-hybridized carbons (Fsp3) is 0.977. The van der Waals surface area contributed by atoms with Crippen molar-refractivity contribution >= 4 is 5.91 Å². The number of aliphatic hydroxyl groups excluding tert-OH is 7. The van der Waals surface area contributed by atoms with Crippen LogP contribution >= 0.6 is 0 Å². The van der Waals surface area contributed by atoms with Gasteiger partial charge < -0.3 is 50.5 Å². The molecule has 328 valence electrons. The molecule has 11 heteroatoms. The Hall–Kier alpha value is -0.890. The van der Waals surface area contributed by atoms with Crippen LogP contribution in [0.2, 0.25) is 0 Å². The maximum absolute atomic E-state index is 13.1. The van der Waals surface area contributed by atoms with Gasteiger partial charge in [-0.15, -0.1) is 0 Å². The smallest absolute Gasteiger partial charge is 0.249 e. The molecule has 0 aromatic heterocycles. The second-order valence-corrected chi connectivity index (χ2v) is 16.7. The Kier molecular flexibility index (Phi) is 32.2. The van der Waals surface area contributed by atoms with E-state index in [1.807, 2.05) is 0 Å². The predicted octanol–water partition coefficient (Wildman–Crippen LogP) is 6.97. The van der Waals surface area contributed by atoms with Gasteiger partial charge in [-0.2, -0.15) is 0 Å². The van der Waals surface area contributed by atoms with E-state index >= 15 is 0 Å². The van der Waals surface area contributed by atoms with Crippen molar-refractivity contribution in [1.29, 1.82) is 0 Å². The lowest BCUT2D eigenvalue weighted by Gasteiger charge is -2.40. The van der Waals surface area contributed by atoms with Crippen LogP contribution in [0.4, 0.5) is 0 Å². The van der Waals surface area contributed by atoms with Gasteiger partial charge in [0, 0.05) is 0 Å². The zero-order valence-electron chi connectivity index (χ0n) is 35.3. The maximum Gasteiger partial charge on any atom is 0.249 e. The third-order valence-corrected chi connectivity index (χ3v) is 11.7. The van der Waals surface area contributed by atoms with Crippen molar-refractivity contribution in [1.82, 2.24) is 5.32 Å². The molecule has 0 aliphatic carbocycles. The molecule has 55 heavy (non-hydrogen) atoms. The molecule has 1 aliphatic heterocycles. The van der Waals surface area contributed by atoms with Crippen molar-refractivity contribution in [3.05, 3.63) is 0 Å². The first kappa shape index (κ1) is 52.1. The quantitative estimate of drug-likeness (QED) is 0.0306. The Bertz CT molecular complexity index is 882. The minimum absolute atomic E-state index is 0.265. The second kappa shape index (κ2) is 34.0. The van der Waals surface area contributed by atoms with Gasteiger partial charge in [-0.25, -0.2) is 0 Å². The van der Waals surface area contributed by atoms with Gasteiger partial charge in [0.15, 0.2) is 6.29 Å². The normalized spacial score (nSPS) is 23.0. The molecule has 0 spiro atoms. The fourth-order valence-electron chi connectivity index (χ4n) is 7.48. The number of nitrogens with one attached hydrogen (secondary N) is 1. The molecular weight excluding hydrogens is 702 g/mol. The summed E-state index contributed by atoms with van der Waals surface area (Å²) in [5.41, 5.74) is 0. The van der Waals surface area contributed by atoms with Crippen molar-refractivity contribution in [2.24, 2.45) is 5.92 Å². The van der Waals surface area contributed by atoms with E-state index in [4.69, 9.17) is 9.47 Å². The standard InChI is InChI=1S/C44H87NO10/c1-4-6-7-8-9-10-11-12-13-14-15-16-17-18-19-20-25-28-31-37(48)43(53)45-35(33-54-44-42(52)41(51)40(50)38(32-46)55-44)39(49)36(47)30-27-24-22-21-23-26-29-34(3)5-2/h34-42,44,46-52H,4-33H2,1-3H3,(H,45,53)/t34?,35-,36+,37+,38+,39-,40-,41-,42+,44+/m0/s1. The topological polar surface area (TPSA) is 189 Å². The SMILES string of the molecule is CCCCCCCCCCCCCCCCCCCC[C@@H](O)C(=O)N[C@@H](CO[C@@H]1O[C@H](CO)[C@H](O)[C@H](O)[C@H]1O)[C@H](O)[C@H](O)CCCCCCCCC(C)CC. The highest BCUT2D eigenvalue weighted by Gasteiger charge is 2.44. The molecule has 1 unspecified atom stereocenters. The molecule has 0 saturated carbocycles. The average molecular weight is 790 g/mol. The molecule has 1 amide bonds. The summed E-state index contributed by atoms with van der Waals surface area (Å²) in [6.07, 6.45) is 20.3. The van der Waals surface area contributed by atoms with Crippen LogP contribution < -0.4 is 5.32 Å². The highest BCUT2D eigenvalue weighted by molar-refractivity contribution is 5.80. The Morgan fingerprint density at radius 3 is 1.51 bits per heavy atom. The van der Waals surface area contributed by atoms with Crippen molar-refractivity contribution in [2.75, 3.05) is 13.2 Å². The molecule has 1 rings (SSSR count). The first-order chi connectivity index (χ1) is 26.6. The minimum Gasteiger partial charge on any atom is -0.394 e. The Balaban J connectivity index is 2.42. The van der Waals surface area contributed by atoms with Gasteiger partial charge in [-0.1, -0.05) is 188 Å². The highest BCUT2D eigenvalue weighted by atomic mass is 16.7. The lowest BCUT2D eigenvalue weighted by molar-refractivity contribution is -0.303. The van der Waals surface area contributed by atoms with Gasteiger partial charge in [0.2, 0.25) is 5.91 Å². The van der Waals surface area contributed by atoms with E-state index in [-0.39, 0.29) is 6.42 Å². The zero-order valence-corrected chi connectivity index (χ0v) is 35.3. The number of carbonyl (C=O) groups is 1. The summed E-state index contributed by atoms with van der Waals surface area (Å²) in [5.74, 6) is 0.0578.